The van der Waals surface area contributed by atoms with E-state index in [0.29, 0.717) is 0 Å². The molecule has 8 nitrogen and oxygen atoms in total. The number of carbonyl (C=O) groups is 3. The van der Waals surface area contributed by atoms with Gasteiger partial charge in [0.2, 0.25) is 5.91 Å². The largest absolute Gasteiger partial charge is 0.480 e. The molecule has 0 radical (unpaired) electrons. The van der Waals surface area contributed by atoms with Crippen LogP contribution in [0.4, 0.5) is 0 Å². The summed E-state index contributed by atoms with van der Waals surface area (Å²) in [4.78, 5) is 34.0. The Labute approximate surface area is 96.0 Å². The molecule has 1 rings (SSSR count). The maximum atomic E-state index is 11.9. The number of nitrogens with two attached hydrogens (primary N) is 1. The van der Waals surface area contributed by atoms with Crippen LogP contribution in [0.2, 0.25) is 0 Å². The van der Waals surface area contributed by atoms with Crippen molar-refractivity contribution in [3.05, 3.63) is 17.5 Å². The lowest BCUT2D eigenvalue weighted by molar-refractivity contribution is -0.138. The molecule has 0 bridgehead atoms. The minimum absolute atomic E-state index is 0.104. The Morgan fingerprint density at radius 2 is 2.12 bits per heavy atom. The molecule has 1 heterocycles. The molecule has 3 N–H and O–H groups in total. The molecule has 17 heavy (non-hydrogen) atoms. The van der Waals surface area contributed by atoms with Crippen molar-refractivity contribution in [1.82, 2.24) is 10.1 Å². The lowest BCUT2D eigenvalue weighted by Gasteiger charge is -2.17. The van der Waals surface area contributed by atoms with Crippen molar-refractivity contribution < 1.29 is 24.0 Å². The molecule has 0 atom stereocenters. The number of hydrogen-bond acceptors (Lipinski definition) is 5. The molecule has 0 aromatic carbocycles. The van der Waals surface area contributed by atoms with Gasteiger partial charge in [-0.3, -0.25) is 14.4 Å². The summed E-state index contributed by atoms with van der Waals surface area (Å²) in [5.41, 5.74) is 5.04. The Balaban J connectivity index is 2.90. The summed E-state index contributed by atoms with van der Waals surface area (Å²) in [5, 5.41) is 12.0. The van der Waals surface area contributed by atoms with Gasteiger partial charge in [0.25, 0.3) is 5.91 Å². The number of nitrogens with zero attached hydrogens (tertiary/aromatic N) is 2. The second kappa shape index (κ2) is 5.10. The topological polar surface area (TPSA) is 127 Å². The number of carbonyl (C=O) groups excluding carboxylic acids is 2. The van der Waals surface area contributed by atoms with Crippen LogP contribution < -0.4 is 5.73 Å². The smallest absolute Gasteiger partial charge is 0.323 e. The van der Waals surface area contributed by atoms with Gasteiger partial charge in [-0.15, -0.1) is 0 Å². The number of aromatic nitrogens is 1. The van der Waals surface area contributed by atoms with Gasteiger partial charge in [-0.2, -0.15) is 0 Å². The van der Waals surface area contributed by atoms with Crippen LogP contribution in [0.5, 0.6) is 0 Å². The Hall–Kier alpha value is -2.38. The Bertz CT molecular complexity index is 437. The van der Waals surface area contributed by atoms with Gasteiger partial charge < -0.3 is 20.3 Å². The van der Waals surface area contributed by atoms with Crippen molar-refractivity contribution in [1.29, 1.82) is 0 Å². The summed E-state index contributed by atoms with van der Waals surface area (Å²) in [7, 11) is 0. The highest BCUT2D eigenvalue weighted by Gasteiger charge is 2.23. The number of rotatable bonds is 5. The molecular weight excluding hydrogens is 230 g/mol. The summed E-state index contributed by atoms with van der Waals surface area (Å²) in [6.45, 7) is 0.408. The van der Waals surface area contributed by atoms with Gasteiger partial charge >= 0.3 is 5.97 Å². The molecule has 0 aliphatic carbocycles. The first-order chi connectivity index (χ1) is 7.91. The summed E-state index contributed by atoms with van der Waals surface area (Å²) >= 11 is 0. The number of aryl methyl sites for hydroxylation is 1. The zero-order valence-corrected chi connectivity index (χ0v) is 9.04. The van der Waals surface area contributed by atoms with Crippen LogP contribution in [0.1, 0.15) is 16.1 Å². The van der Waals surface area contributed by atoms with E-state index >= 15 is 0 Å². The summed E-state index contributed by atoms with van der Waals surface area (Å²) in [6, 6.07) is 0. The van der Waals surface area contributed by atoms with Crippen molar-refractivity contribution in [3.8, 4) is 0 Å². The third kappa shape index (κ3) is 3.30. The van der Waals surface area contributed by atoms with Crippen LogP contribution in [0.15, 0.2) is 10.7 Å². The van der Waals surface area contributed by atoms with Crippen LogP contribution in [0.25, 0.3) is 0 Å². The SMILES string of the molecule is Cc1oncc1C(=O)N(CC(N)=O)CC(=O)O. The quantitative estimate of drug-likeness (QED) is 0.680. The minimum atomic E-state index is -1.24. The molecule has 1 aromatic heterocycles. The van der Waals surface area contributed by atoms with Crippen LogP contribution >= 0.6 is 0 Å². The fraction of sp³-hybridized carbons (Fsp3) is 0.333. The first kappa shape index (κ1) is 12.7. The molecule has 0 spiro atoms. The second-order valence-electron chi connectivity index (χ2n) is 3.32. The molecule has 0 fully saturated rings. The maximum absolute atomic E-state index is 11.9. The number of carboxylic acid groups (broad SMARTS) is 1. The molecule has 0 saturated carbocycles. The number of aliphatic carboxylic acids is 1. The average molecular weight is 241 g/mol. The molecule has 0 unspecified atom stereocenters. The molecular formula is C9H11N3O5. The normalized spacial score (nSPS) is 9.94. The summed E-state index contributed by atoms with van der Waals surface area (Å²) in [5.74, 6) is -2.46. The Morgan fingerprint density at radius 3 is 2.53 bits per heavy atom. The fourth-order valence-electron chi connectivity index (χ4n) is 1.23. The van der Waals surface area contributed by atoms with Crippen LogP contribution in [-0.2, 0) is 9.59 Å². The molecule has 2 amide bonds. The first-order valence-electron chi connectivity index (χ1n) is 4.62. The highest BCUT2D eigenvalue weighted by atomic mass is 16.5. The predicted molar refractivity (Wildman–Crippen MR) is 54.0 cm³/mol. The summed E-state index contributed by atoms with van der Waals surface area (Å²) in [6.07, 6.45) is 1.16. The lowest BCUT2D eigenvalue weighted by Crippen LogP contribution is -2.41. The van der Waals surface area contributed by atoms with E-state index in [1.165, 1.54) is 6.92 Å². The molecule has 0 aliphatic rings. The summed E-state index contributed by atoms with van der Waals surface area (Å²) < 4.78 is 4.68. The van der Waals surface area contributed by atoms with Gasteiger partial charge in [-0.25, -0.2) is 0 Å². The van der Waals surface area contributed by atoms with E-state index in [-0.39, 0.29) is 11.3 Å². The van der Waals surface area contributed by atoms with Crippen molar-refractivity contribution in [2.24, 2.45) is 5.73 Å². The lowest BCUT2D eigenvalue weighted by atomic mass is 10.2. The average Bonchev–Trinajstić information content (AvgIpc) is 2.61. The molecule has 8 heteroatoms. The highest BCUT2D eigenvalue weighted by molar-refractivity contribution is 5.98. The number of amides is 2. The van der Waals surface area contributed by atoms with Gasteiger partial charge in [0.15, 0.2) is 0 Å². The van der Waals surface area contributed by atoms with Crippen molar-refractivity contribution in [3.63, 3.8) is 0 Å². The molecule has 1 aromatic rings. The van der Waals surface area contributed by atoms with E-state index in [1.807, 2.05) is 0 Å². The third-order valence-electron chi connectivity index (χ3n) is 1.94. The van der Waals surface area contributed by atoms with Gasteiger partial charge in [-0.1, -0.05) is 5.16 Å². The Kier molecular flexibility index (Phi) is 3.81. The molecule has 0 saturated heterocycles. The zero-order valence-electron chi connectivity index (χ0n) is 9.04. The van der Waals surface area contributed by atoms with Crippen LogP contribution in [-0.4, -0.2) is 46.0 Å². The van der Waals surface area contributed by atoms with Crippen LogP contribution in [0.3, 0.4) is 0 Å². The molecule has 0 aliphatic heterocycles. The monoisotopic (exact) mass is 241 g/mol. The standard InChI is InChI=1S/C9H11N3O5/c1-5-6(2-11-17-5)9(16)12(3-7(10)13)4-8(14)15/h2H,3-4H2,1H3,(H2,10,13)(H,14,15). The zero-order chi connectivity index (χ0) is 13.0. The molecule has 92 valence electrons. The number of carboxylic acids is 1. The fourth-order valence-corrected chi connectivity index (χ4v) is 1.23. The van der Waals surface area contributed by atoms with E-state index in [2.05, 4.69) is 9.68 Å². The van der Waals surface area contributed by atoms with E-state index in [1.54, 1.807) is 0 Å². The predicted octanol–water partition coefficient (Wildman–Crippen LogP) is -1.00. The second-order valence-corrected chi connectivity index (χ2v) is 3.32. The maximum Gasteiger partial charge on any atom is 0.323 e. The number of primary amides is 1. The van der Waals surface area contributed by atoms with Crippen LogP contribution in [0, 0.1) is 6.92 Å². The van der Waals surface area contributed by atoms with E-state index in [9.17, 15) is 14.4 Å². The van der Waals surface area contributed by atoms with Crippen molar-refractivity contribution in [2.75, 3.05) is 13.1 Å². The number of hydrogen-bond donors (Lipinski definition) is 2. The van der Waals surface area contributed by atoms with Gasteiger partial charge in [0, 0.05) is 0 Å². The van der Waals surface area contributed by atoms with Gasteiger partial charge in [0.1, 0.15) is 24.4 Å². The van der Waals surface area contributed by atoms with Crippen molar-refractivity contribution >= 4 is 17.8 Å². The van der Waals surface area contributed by atoms with E-state index < -0.39 is 30.9 Å². The van der Waals surface area contributed by atoms with E-state index in [4.69, 9.17) is 10.8 Å². The van der Waals surface area contributed by atoms with Gasteiger partial charge in [-0.05, 0) is 6.92 Å². The van der Waals surface area contributed by atoms with E-state index in [0.717, 1.165) is 11.1 Å². The highest BCUT2D eigenvalue weighted by Crippen LogP contribution is 2.09. The van der Waals surface area contributed by atoms with Gasteiger partial charge in [0.05, 0.1) is 6.20 Å². The first-order valence-corrected chi connectivity index (χ1v) is 4.62. The third-order valence-corrected chi connectivity index (χ3v) is 1.94. The van der Waals surface area contributed by atoms with Crippen molar-refractivity contribution in [2.45, 2.75) is 6.92 Å². The Morgan fingerprint density at radius 1 is 1.47 bits per heavy atom. The minimum Gasteiger partial charge on any atom is -0.480 e.